The van der Waals surface area contributed by atoms with Crippen molar-refractivity contribution in [2.45, 2.75) is 38.4 Å². The number of rotatable bonds is 8. The molecule has 2 atom stereocenters. The Bertz CT molecular complexity index is 449. The van der Waals surface area contributed by atoms with Crippen LogP contribution in [0, 0.1) is 0 Å². The third kappa shape index (κ3) is 6.01. The summed E-state index contributed by atoms with van der Waals surface area (Å²) in [6, 6.07) is 7.89. The molecular weight excluding hydrogens is 265 g/mol. The van der Waals surface area contributed by atoms with Gasteiger partial charge in [0.15, 0.2) is 0 Å². The molecule has 1 aromatic carbocycles. The number of aliphatic carboxylic acids is 1. The van der Waals surface area contributed by atoms with Gasteiger partial charge in [0.05, 0.1) is 6.16 Å². The van der Waals surface area contributed by atoms with Crippen LogP contribution in [0.1, 0.15) is 31.7 Å². The van der Waals surface area contributed by atoms with E-state index in [0.29, 0.717) is 18.4 Å². The van der Waals surface area contributed by atoms with E-state index in [-0.39, 0.29) is 6.16 Å². The normalized spacial score (nSPS) is 15.7. The molecule has 106 valence electrons. The Labute approximate surface area is 113 Å². The first-order valence-corrected chi connectivity index (χ1v) is 8.15. The van der Waals surface area contributed by atoms with E-state index >= 15 is 0 Å². The Morgan fingerprint density at radius 3 is 2.53 bits per heavy atom. The van der Waals surface area contributed by atoms with Crippen LogP contribution in [0.25, 0.3) is 0 Å². The quantitative estimate of drug-likeness (QED) is 0.639. The lowest BCUT2D eigenvalue weighted by atomic mass is 10.1. The van der Waals surface area contributed by atoms with Gasteiger partial charge in [0.2, 0.25) is 0 Å². The molecular formula is C13H20NO4P. The molecule has 0 saturated heterocycles. The lowest BCUT2D eigenvalue weighted by molar-refractivity contribution is -0.139. The van der Waals surface area contributed by atoms with Crippen molar-refractivity contribution in [3.63, 3.8) is 0 Å². The number of hydrogen-bond acceptors (Lipinski definition) is 2. The predicted molar refractivity (Wildman–Crippen MR) is 74.1 cm³/mol. The first-order valence-electron chi connectivity index (χ1n) is 6.31. The minimum atomic E-state index is -3.70. The van der Waals surface area contributed by atoms with E-state index in [1.165, 1.54) is 0 Å². The lowest BCUT2D eigenvalue weighted by Crippen LogP contribution is -2.34. The average molecular weight is 285 g/mol. The fraction of sp³-hybridized carbons (Fsp3) is 0.462. The molecule has 0 aliphatic rings. The Kier molecular flexibility index (Phi) is 6.22. The first kappa shape index (κ1) is 15.9. The minimum Gasteiger partial charge on any atom is -0.480 e. The topological polar surface area (TPSA) is 86.6 Å². The number of benzene rings is 1. The molecule has 1 rings (SSSR count). The molecule has 3 N–H and O–H groups in total. The van der Waals surface area contributed by atoms with E-state index in [4.69, 9.17) is 5.11 Å². The van der Waals surface area contributed by atoms with Crippen LogP contribution >= 0.6 is 7.52 Å². The van der Waals surface area contributed by atoms with E-state index in [9.17, 15) is 14.3 Å². The fourth-order valence-electron chi connectivity index (χ4n) is 1.77. The summed E-state index contributed by atoms with van der Waals surface area (Å²) in [4.78, 5) is 20.9. The maximum Gasteiger partial charge on any atom is 0.321 e. The van der Waals surface area contributed by atoms with Gasteiger partial charge in [-0.25, -0.2) is 5.09 Å². The molecule has 0 aliphatic carbocycles. The van der Waals surface area contributed by atoms with E-state index in [1.54, 1.807) is 24.3 Å². The van der Waals surface area contributed by atoms with Gasteiger partial charge in [0, 0.05) is 0 Å². The van der Waals surface area contributed by atoms with Crippen molar-refractivity contribution in [3.8, 4) is 0 Å². The monoisotopic (exact) mass is 285 g/mol. The van der Waals surface area contributed by atoms with Crippen molar-refractivity contribution < 1.29 is 19.4 Å². The van der Waals surface area contributed by atoms with Gasteiger partial charge in [-0.3, -0.25) is 9.36 Å². The van der Waals surface area contributed by atoms with Crippen LogP contribution in [0.5, 0.6) is 0 Å². The number of unbranched alkanes of at least 4 members (excludes halogenated alkanes) is 1. The molecule has 19 heavy (non-hydrogen) atoms. The largest absolute Gasteiger partial charge is 0.480 e. The predicted octanol–water partition coefficient (Wildman–Crippen LogP) is 2.61. The Hall–Kier alpha value is -1.16. The van der Waals surface area contributed by atoms with Crippen LogP contribution in [0.2, 0.25) is 0 Å². The van der Waals surface area contributed by atoms with E-state index < -0.39 is 19.5 Å². The van der Waals surface area contributed by atoms with Gasteiger partial charge in [-0.05, 0) is 12.0 Å². The minimum absolute atomic E-state index is 0.0657. The Balaban J connectivity index is 2.65. The van der Waals surface area contributed by atoms with E-state index in [0.717, 1.165) is 6.42 Å². The molecule has 2 unspecified atom stereocenters. The molecule has 0 amide bonds. The second-order valence-corrected chi connectivity index (χ2v) is 6.49. The Morgan fingerprint density at radius 2 is 2.00 bits per heavy atom. The molecule has 0 fully saturated rings. The van der Waals surface area contributed by atoms with Crippen LogP contribution < -0.4 is 5.09 Å². The van der Waals surface area contributed by atoms with Gasteiger partial charge in [0.1, 0.15) is 6.04 Å². The number of carbonyl (C=O) groups is 1. The Morgan fingerprint density at radius 1 is 1.37 bits per heavy atom. The summed E-state index contributed by atoms with van der Waals surface area (Å²) >= 11 is 0. The number of carboxylic acids is 1. The smallest absolute Gasteiger partial charge is 0.321 e. The lowest BCUT2D eigenvalue weighted by Gasteiger charge is -2.19. The second-order valence-electron chi connectivity index (χ2n) is 4.51. The maximum absolute atomic E-state index is 12.0. The van der Waals surface area contributed by atoms with Crippen molar-refractivity contribution in [3.05, 3.63) is 35.9 Å². The summed E-state index contributed by atoms with van der Waals surface area (Å²) in [6.45, 7) is 1.95. The third-order valence-corrected chi connectivity index (χ3v) is 4.25. The molecule has 0 radical (unpaired) electrons. The van der Waals surface area contributed by atoms with Crippen LogP contribution in [0.15, 0.2) is 30.3 Å². The zero-order valence-electron chi connectivity index (χ0n) is 11.0. The molecule has 0 aromatic heterocycles. The summed E-state index contributed by atoms with van der Waals surface area (Å²) < 4.78 is 12.0. The van der Waals surface area contributed by atoms with Gasteiger partial charge < -0.3 is 10.00 Å². The van der Waals surface area contributed by atoms with E-state index in [2.05, 4.69) is 5.09 Å². The van der Waals surface area contributed by atoms with Gasteiger partial charge >= 0.3 is 5.97 Å². The van der Waals surface area contributed by atoms with Crippen LogP contribution in [0.4, 0.5) is 0 Å². The zero-order chi connectivity index (χ0) is 14.3. The molecule has 6 heteroatoms. The summed E-state index contributed by atoms with van der Waals surface area (Å²) in [5, 5.41) is 11.4. The summed E-state index contributed by atoms with van der Waals surface area (Å²) in [5.74, 6) is -1.09. The van der Waals surface area contributed by atoms with Crippen LogP contribution in [0.3, 0.4) is 0 Å². The first-order chi connectivity index (χ1) is 8.94. The van der Waals surface area contributed by atoms with Crippen molar-refractivity contribution in [2.24, 2.45) is 0 Å². The molecule has 0 heterocycles. The highest BCUT2D eigenvalue weighted by Gasteiger charge is 2.27. The highest BCUT2D eigenvalue weighted by atomic mass is 31.2. The molecule has 0 saturated carbocycles. The van der Waals surface area contributed by atoms with Crippen molar-refractivity contribution in [1.29, 1.82) is 0 Å². The van der Waals surface area contributed by atoms with Crippen molar-refractivity contribution in [2.75, 3.05) is 0 Å². The highest BCUT2D eigenvalue weighted by molar-refractivity contribution is 7.55. The molecule has 0 aliphatic heterocycles. The number of hydrogen-bond donors (Lipinski definition) is 3. The van der Waals surface area contributed by atoms with Crippen molar-refractivity contribution >= 4 is 13.5 Å². The van der Waals surface area contributed by atoms with Gasteiger partial charge in [-0.1, -0.05) is 50.1 Å². The second kappa shape index (κ2) is 7.43. The van der Waals surface area contributed by atoms with E-state index in [1.807, 2.05) is 13.0 Å². The third-order valence-electron chi connectivity index (χ3n) is 2.74. The molecule has 0 spiro atoms. The SMILES string of the molecule is CCCCC(NP(=O)(O)Cc1ccccc1)C(=O)O. The summed E-state index contributed by atoms with van der Waals surface area (Å²) in [7, 11) is -3.70. The van der Waals surface area contributed by atoms with Crippen molar-refractivity contribution in [1.82, 2.24) is 5.09 Å². The van der Waals surface area contributed by atoms with Crippen LogP contribution in [-0.2, 0) is 15.5 Å². The summed E-state index contributed by atoms with van der Waals surface area (Å²) in [5.41, 5.74) is 0.709. The molecule has 5 nitrogen and oxygen atoms in total. The fourth-order valence-corrected chi connectivity index (χ4v) is 3.30. The van der Waals surface area contributed by atoms with Gasteiger partial charge in [0.25, 0.3) is 7.52 Å². The average Bonchev–Trinajstić information content (AvgIpc) is 2.34. The molecule has 0 bridgehead atoms. The van der Waals surface area contributed by atoms with Gasteiger partial charge in [-0.2, -0.15) is 0 Å². The standard InChI is InChI=1S/C13H20NO4P/c1-2-3-9-12(13(15)16)14-19(17,18)10-11-7-5-4-6-8-11/h4-8,12H,2-3,9-10H2,1H3,(H,15,16)(H2,14,17,18). The van der Waals surface area contributed by atoms with Crippen LogP contribution in [-0.4, -0.2) is 22.0 Å². The van der Waals surface area contributed by atoms with Gasteiger partial charge in [-0.15, -0.1) is 0 Å². The molecule has 1 aromatic rings. The summed E-state index contributed by atoms with van der Waals surface area (Å²) in [6.07, 6.45) is 1.84. The number of carboxylic acid groups (broad SMARTS) is 1. The maximum atomic E-state index is 12.0. The number of nitrogens with one attached hydrogen (secondary N) is 1. The highest BCUT2D eigenvalue weighted by Crippen LogP contribution is 2.40. The zero-order valence-corrected chi connectivity index (χ0v) is 11.8.